The molecule has 89 heavy (non-hydrogen) atoms. The maximum atomic E-state index is 13.2. The normalized spacial score (nSPS) is 17.8. The molecule has 0 atom stereocenters. The fourth-order valence-corrected chi connectivity index (χ4v) is 14.4. The lowest BCUT2D eigenvalue weighted by Crippen LogP contribution is -2.60. The van der Waals surface area contributed by atoms with E-state index in [1.165, 1.54) is 34.2 Å². The van der Waals surface area contributed by atoms with Gasteiger partial charge in [0.2, 0.25) is 26.0 Å². The van der Waals surface area contributed by atoms with Gasteiger partial charge in [0, 0.05) is 147 Å². The molecule has 3 saturated heterocycles. The average molecular weight is 1320 g/mol. The molecule has 12 rings (SSSR count). The zero-order valence-electron chi connectivity index (χ0n) is 49.9. The third-order valence-electron chi connectivity index (χ3n) is 16.1. The summed E-state index contributed by atoms with van der Waals surface area (Å²) in [7, 11) is -4.87. The first-order valence-electron chi connectivity index (χ1n) is 28.1. The number of aromatic amines is 4. The van der Waals surface area contributed by atoms with Crippen LogP contribution in [-0.2, 0) is 37.2 Å². The van der Waals surface area contributed by atoms with Crippen molar-refractivity contribution >= 4 is 121 Å². The molecule has 480 valence electrons. The number of alkyl halides is 6. The minimum Gasteiger partial charge on any atom is -0.368 e. The van der Waals surface area contributed by atoms with Crippen molar-refractivity contribution < 1.29 is 52.8 Å². The SMILES string of the molecule is CC(=O)N1CCN(c2cc(C(F)(F)F)cc3[nH]ncc23)CC1(C)C.CC1(C)CN(c2cc(C(F)(F)F)cc3[nH]ncc23)CCN1S(C)(=O)=O.CNC(=O)N1CCN(c2cc(Cl)cc3[nH]ncc23)CC1.CS(=O)(=O)N1CC=C(c2cc(Cl)cc3[nH]ncc23)CC1. The van der Waals surface area contributed by atoms with E-state index in [9.17, 15) is 52.8 Å². The average Bonchev–Trinajstić information content (AvgIpc) is 1.78. The molecule has 8 aromatic rings. The van der Waals surface area contributed by atoms with Crippen LogP contribution in [-0.4, -0.2) is 197 Å². The van der Waals surface area contributed by atoms with Crippen LogP contribution < -0.4 is 20.0 Å². The number of anilines is 3. The summed E-state index contributed by atoms with van der Waals surface area (Å²) in [5, 5.41) is 34.1. The number of benzene rings is 4. The monoisotopic (exact) mass is 1320 g/mol. The number of fused-ring (bicyclic) bond motifs is 4. The van der Waals surface area contributed by atoms with Crippen molar-refractivity contribution in [1.82, 2.24) is 64.5 Å². The largest absolute Gasteiger partial charge is 0.416 e. The Labute approximate surface area is 519 Å². The zero-order valence-corrected chi connectivity index (χ0v) is 53.1. The molecule has 4 aliphatic heterocycles. The van der Waals surface area contributed by atoms with Crippen molar-refractivity contribution in [2.24, 2.45) is 0 Å². The maximum Gasteiger partial charge on any atom is 0.416 e. The number of hydrogen-bond acceptors (Lipinski definition) is 13. The summed E-state index contributed by atoms with van der Waals surface area (Å²) in [6.45, 7) is 14.9. The number of hydrogen-bond donors (Lipinski definition) is 5. The zero-order chi connectivity index (χ0) is 64.8. The Morgan fingerprint density at radius 2 is 1.00 bits per heavy atom. The van der Waals surface area contributed by atoms with Crippen molar-refractivity contribution in [3.63, 3.8) is 0 Å². The Hall–Kier alpha value is -7.38. The molecule has 4 aromatic carbocycles. The van der Waals surface area contributed by atoms with E-state index in [1.807, 2.05) is 60.2 Å². The van der Waals surface area contributed by atoms with E-state index in [-0.39, 0.29) is 25.0 Å². The molecule has 22 nitrogen and oxygen atoms in total. The van der Waals surface area contributed by atoms with E-state index in [1.54, 1.807) is 36.9 Å². The van der Waals surface area contributed by atoms with E-state index in [0.717, 1.165) is 82.2 Å². The Morgan fingerprint density at radius 3 is 1.43 bits per heavy atom. The van der Waals surface area contributed by atoms with Gasteiger partial charge in [-0.25, -0.2) is 21.6 Å². The summed E-state index contributed by atoms with van der Waals surface area (Å²) in [6.07, 6.45) is 2.70. The maximum absolute atomic E-state index is 13.2. The number of carbonyl (C=O) groups is 2. The molecule has 0 aliphatic carbocycles. The van der Waals surface area contributed by atoms with E-state index >= 15 is 0 Å². The van der Waals surface area contributed by atoms with Crippen molar-refractivity contribution in [3.8, 4) is 0 Å². The van der Waals surface area contributed by atoms with Crippen LogP contribution in [0.3, 0.4) is 0 Å². The summed E-state index contributed by atoms with van der Waals surface area (Å²) in [6, 6.07) is 11.9. The van der Waals surface area contributed by atoms with Crippen LogP contribution >= 0.6 is 23.2 Å². The number of nitrogens with one attached hydrogen (secondary N) is 5. The summed E-state index contributed by atoms with van der Waals surface area (Å²) in [5.41, 5.74) is 3.89. The van der Waals surface area contributed by atoms with Gasteiger partial charge in [-0.2, -0.15) is 55.3 Å². The van der Waals surface area contributed by atoms with Crippen LogP contribution in [0.2, 0.25) is 10.0 Å². The summed E-state index contributed by atoms with van der Waals surface area (Å²) in [4.78, 5) is 32.8. The number of piperazine rings is 3. The molecule has 0 saturated carbocycles. The van der Waals surface area contributed by atoms with Gasteiger partial charge in [0.25, 0.3) is 0 Å². The lowest BCUT2D eigenvalue weighted by atomic mass is 9.97. The minimum atomic E-state index is -4.47. The molecule has 4 aromatic heterocycles. The number of amides is 3. The van der Waals surface area contributed by atoms with Crippen LogP contribution in [0.4, 0.5) is 48.2 Å². The standard InChI is InChI=1S/C16H19F3N4O.C15H19F3N4O2S.C13H16ClN5O.C13H14ClN3O2S/c1-10(24)23-5-4-22(9-15(23,2)3)14-7-11(16(17,18)19)6-13-12(14)8-20-21-13;1-14(2)9-21(4-5-22(14)25(3,23)24)13-7-10(15(16,17)18)6-12-11(13)8-19-20-12;1-15-13(20)19-4-2-18(3-5-19)12-7-9(14)6-11-10(12)8-16-17-11;1-20(18,19)17-4-2-9(3-5-17)11-6-10(14)7-13-12(11)8-15-16-13/h6-8H,4-5,9H2,1-3H3,(H,20,21);6-8H,4-5,9H2,1-3H3,(H,19,20);6-8H,2-5H2,1H3,(H,15,20)(H,16,17);2,6-8H,3-5H2,1H3,(H,15,16). The van der Waals surface area contributed by atoms with Crippen LogP contribution in [0.1, 0.15) is 57.7 Å². The molecule has 3 fully saturated rings. The fraction of sp³-hybridized carbons (Fsp3) is 0.439. The number of carbonyl (C=O) groups excluding carboxylic acids is 2. The lowest BCUT2D eigenvalue weighted by molar-refractivity contribution is -0.138. The van der Waals surface area contributed by atoms with Gasteiger partial charge in [0.05, 0.1) is 76.0 Å². The summed E-state index contributed by atoms with van der Waals surface area (Å²) < 4.78 is 129. The summed E-state index contributed by atoms with van der Waals surface area (Å²) in [5.74, 6) is -0.0304. The second-order valence-corrected chi connectivity index (χ2v) is 28.1. The number of rotatable bonds is 6. The molecular formula is C57H68Cl2F6N16O6S2. The quantitative estimate of drug-likeness (QED) is 0.0974. The third kappa shape index (κ3) is 14.9. The van der Waals surface area contributed by atoms with E-state index in [0.29, 0.717) is 102 Å². The second-order valence-electron chi connectivity index (χ2n) is 23.3. The molecule has 32 heteroatoms. The molecule has 0 unspecified atom stereocenters. The molecular weight excluding hydrogens is 1250 g/mol. The summed E-state index contributed by atoms with van der Waals surface area (Å²) >= 11 is 12.3. The first kappa shape index (κ1) is 66.0. The minimum absolute atomic E-state index is 0.0239. The number of aromatic nitrogens is 8. The van der Waals surface area contributed by atoms with Gasteiger partial charge in [0.15, 0.2) is 0 Å². The number of halogens is 8. The van der Waals surface area contributed by atoms with Crippen molar-refractivity contribution in [3.05, 3.63) is 106 Å². The highest BCUT2D eigenvalue weighted by Crippen LogP contribution is 2.41. The topological polar surface area (TPSA) is 252 Å². The molecule has 3 amide bonds. The van der Waals surface area contributed by atoms with Crippen LogP contribution in [0.5, 0.6) is 0 Å². The fourth-order valence-electron chi connectivity index (χ4n) is 11.9. The highest BCUT2D eigenvalue weighted by molar-refractivity contribution is 7.88. The number of nitrogens with zero attached hydrogens (tertiary/aromatic N) is 11. The predicted octanol–water partition coefficient (Wildman–Crippen LogP) is 9.41. The molecule has 4 aliphatic rings. The molecule has 8 heterocycles. The van der Waals surface area contributed by atoms with Crippen LogP contribution in [0.15, 0.2) is 79.4 Å². The lowest BCUT2D eigenvalue weighted by Gasteiger charge is -2.47. The van der Waals surface area contributed by atoms with Gasteiger partial charge in [-0.15, -0.1) is 0 Å². The highest BCUT2D eigenvalue weighted by Gasteiger charge is 2.41. The van der Waals surface area contributed by atoms with Crippen LogP contribution in [0.25, 0.3) is 49.2 Å². The third-order valence-corrected chi connectivity index (χ3v) is 19.2. The van der Waals surface area contributed by atoms with Gasteiger partial charge in [-0.1, -0.05) is 29.3 Å². The molecule has 5 N–H and O–H groups in total. The Kier molecular flexibility index (Phi) is 18.9. The van der Waals surface area contributed by atoms with Crippen LogP contribution in [0, 0.1) is 0 Å². The number of sulfonamides is 2. The van der Waals surface area contributed by atoms with Crippen molar-refractivity contribution in [2.75, 3.05) is 113 Å². The Morgan fingerprint density at radius 1 is 0.562 bits per heavy atom. The number of urea groups is 1. The van der Waals surface area contributed by atoms with Gasteiger partial charge < -0.3 is 29.8 Å². The second kappa shape index (κ2) is 25.5. The molecule has 0 spiro atoms. The van der Waals surface area contributed by atoms with Gasteiger partial charge >= 0.3 is 18.4 Å². The predicted molar refractivity (Wildman–Crippen MR) is 333 cm³/mol. The van der Waals surface area contributed by atoms with E-state index in [2.05, 4.69) is 51.0 Å². The van der Waals surface area contributed by atoms with Gasteiger partial charge in [0.1, 0.15) is 0 Å². The Balaban J connectivity index is 0.000000142. The van der Waals surface area contributed by atoms with Crippen molar-refractivity contribution in [2.45, 2.75) is 64.5 Å². The first-order chi connectivity index (χ1) is 41.6. The smallest absolute Gasteiger partial charge is 0.368 e. The molecule has 0 radical (unpaired) electrons. The highest BCUT2D eigenvalue weighted by atomic mass is 35.5. The number of H-pyrrole nitrogens is 4. The van der Waals surface area contributed by atoms with Gasteiger partial charge in [-0.05, 0) is 93.8 Å². The van der Waals surface area contributed by atoms with Crippen molar-refractivity contribution in [1.29, 1.82) is 0 Å². The van der Waals surface area contributed by atoms with Gasteiger partial charge in [-0.3, -0.25) is 25.2 Å². The Bertz CT molecular complexity index is 4180. The molecule has 0 bridgehead atoms. The first-order valence-corrected chi connectivity index (χ1v) is 32.5. The van der Waals surface area contributed by atoms with E-state index < -0.39 is 54.6 Å². The van der Waals surface area contributed by atoms with E-state index in [4.69, 9.17) is 23.2 Å².